The van der Waals surface area contributed by atoms with Crippen LogP contribution in [0.4, 0.5) is 4.79 Å². The zero-order valence-corrected chi connectivity index (χ0v) is 17.9. The standard InChI is InChI=1S/C24H26N2O5/c1-4-16(2)17-10-12-18(13-11-17)20(27)15-31-21(28)14-26-22(29)24(3,25-23(26)30)19-8-6-5-7-9-19/h5-13,16H,4,14-15H2,1-3H3,(H,25,30)/t16-,24-/m1/s1. The first-order valence-corrected chi connectivity index (χ1v) is 10.2. The minimum atomic E-state index is -1.26. The highest BCUT2D eigenvalue weighted by molar-refractivity contribution is 6.09. The van der Waals surface area contributed by atoms with Gasteiger partial charge >= 0.3 is 12.0 Å². The Balaban J connectivity index is 1.58. The smallest absolute Gasteiger partial charge is 0.326 e. The molecule has 1 fully saturated rings. The summed E-state index contributed by atoms with van der Waals surface area (Å²) in [6.07, 6.45) is 0.997. The van der Waals surface area contributed by atoms with E-state index in [0.717, 1.165) is 16.9 Å². The second-order valence-corrected chi connectivity index (χ2v) is 7.83. The fourth-order valence-corrected chi connectivity index (χ4v) is 3.45. The number of ketones is 1. The zero-order chi connectivity index (χ0) is 22.6. The maximum absolute atomic E-state index is 12.8. The van der Waals surface area contributed by atoms with Crippen LogP contribution >= 0.6 is 0 Å². The van der Waals surface area contributed by atoms with Crippen LogP contribution in [-0.4, -0.2) is 41.7 Å². The van der Waals surface area contributed by atoms with Gasteiger partial charge in [-0.1, -0.05) is 68.4 Å². The number of amides is 3. The Morgan fingerprint density at radius 1 is 1.06 bits per heavy atom. The normalized spacial score (nSPS) is 19.1. The van der Waals surface area contributed by atoms with Gasteiger partial charge < -0.3 is 10.1 Å². The first-order chi connectivity index (χ1) is 14.8. The molecule has 162 valence electrons. The van der Waals surface area contributed by atoms with E-state index >= 15 is 0 Å². The molecule has 0 aliphatic carbocycles. The Morgan fingerprint density at radius 3 is 2.32 bits per heavy atom. The van der Waals surface area contributed by atoms with Crippen LogP contribution in [0, 0.1) is 0 Å². The van der Waals surface area contributed by atoms with Crippen LogP contribution < -0.4 is 5.32 Å². The van der Waals surface area contributed by atoms with Crippen LogP contribution in [-0.2, 0) is 19.9 Å². The topological polar surface area (TPSA) is 92.8 Å². The monoisotopic (exact) mass is 422 g/mol. The molecule has 3 rings (SSSR count). The van der Waals surface area contributed by atoms with E-state index in [9.17, 15) is 19.2 Å². The van der Waals surface area contributed by atoms with Crippen LogP contribution in [0.2, 0.25) is 0 Å². The van der Waals surface area contributed by atoms with Gasteiger partial charge in [-0.2, -0.15) is 0 Å². The van der Waals surface area contributed by atoms with Crippen molar-refractivity contribution in [2.45, 2.75) is 38.6 Å². The molecule has 2 aromatic rings. The number of urea groups is 1. The van der Waals surface area contributed by atoms with Crippen molar-refractivity contribution < 1.29 is 23.9 Å². The summed E-state index contributed by atoms with van der Waals surface area (Å²) in [7, 11) is 0. The SMILES string of the molecule is CC[C@@H](C)c1ccc(C(=O)COC(=O)CN2C(=O)N[C@](C)(c3ccccc3)C2=O)cc1. The van der Waals surface area contributed by atoms with E-state index in [1.807, 2.05) is 12.1 Å². The third-order valence-corrected chi connectivity index (χ3v) is 5.69. The maximum Gasteiger partial charge on any atom is 0.326 e. The molecule has 2 aromatic carbocycles. The number of esters is 1. The lowest BCUT2D eigenvalue weighted by Gasteiger charge is -2.21. The summed E-state index contributed by atoms with van der Waals surface area (Å²) in [5, 5.41) is 2.62. The molecule has 1 aliphatic rings. The Morgan fingerprint density at radius 2 is 1.71 bits per heavy atom. The van der Waals surface area contributed by atoms with E-state index in [0.29, 0.717) is 17.0 Å². The van der Waals surface area contributed by atoms with Crippen molar-refractivity contribution in [1.82, 2.24) is 10.2 Å². The summed E-state index contributed by atoms with van der Waals surface area (Å²) in [5.41, 5.74) is 0.925. The molecular formula is C24H26N2O5. The average Bonchev–Trinajstić information content (AvgIpc) is 3.01. The largest absolute Gasteiger partial charge is 0.456 e. The number of rotatable bonds is 8. The molecule has 0 saturated carbocycles. The van der Waals surface area contributed by atoms with E-state index < -0.39 is 36.6 Å². The van der Waals surface area contributed by atoms with Gasteiger partial charge in [0.25, 0.3) is 5.91 Å². The predicted octanol–water partition coefficient (Wildman–Crippen LogP) is 3.39. The lowest BCUT2D eigenvalue weighted by molar-refractivity contribution is -0.146. The highest BCUT2D eigenvalue weighted by Gasteiger charge is 2.49. The number of imide groups is 1. The quantitative estimate of drug-likeness (QED) is 0.400. The van der Waals surface area contributed by atoms with Crippen molar-refractivity contribution in [3.8, 4) is 0 Å². The molecule has 1 aliphatic heterocycles. The third kappa shape index (κ3) is 4.66. The van der Waals surface area contributed by atoms with Gasteiger partial charge in [0.1, 0.15) is 12.1 Å². The summed E-state index contributed by atoms with van der Waals surface area (Å²) in [4.78, 5) is 50.4. The predicted molar refractivity (Wildman–Crippen MR) is 114 cm³/mol. The second-order valence-electron chi connectivity index (χ2n) is 7.83. The first kappa shape index (κ1) is 22.2. The number of hydrogen-bond acceptors (Lipinski definition) is 5. The third-order valence-electron chi connectivity index (χ3n) is 5.69. The molecule has 1 heterocycles. The van der Waals surface area contributed by atoms with Crippen molar-refractivity contribution in [3.63, 3.8) is 0 Å². The number of benzene rings is 2. The Hall–Kier alpha value is -3.48. The van der Waals surface area contributed by atoms with Gasteiger partial charge in [-0.15, -0.1) is 0 Å². The molecule has 7 heteroatoms. The molecule has 0 aromatic heterocycles. The lowest BCUT2D eigenvalue weighted by Crippen LogP contribution is -2.41. The lowest BCUT2D eigenvalue weighted by atomic mass is 9.92. The van der Waals surface area contributed by atoms with Crippen LogP contribution in [0.3, 0.4) is 0 Å². The van der Waals surface area contributed by atoms with E-state index in [2.05, 4.69) is 19.2 Å². The molecule has 7 nitrogen and oxygen atoms in total. The number of hydrogen-bond donors (Lipinski definition) is 1. The second kappa shape index (κ2) is 9.12. The van der Waals surface area contributed by atoms with Crippen molar-refractivity contribution in [3.05, 3.63) is 71.3 Å². The van der Waals surface area contributed by atoms with Gasteiger partial charge in [0.15, 0.2) is 12.4 Å². The molecule has 0 unspecified atom stereocenters. The summed E-state index contributed by atoms with van der Waals surface area (Å²) >= 11 is 0. The number of carbonyl (C=O) groups is 4. The Labute approximate surface area is 181 Å². The van der Waals surface area contributed by atoms with E-state index in [4.69, 9.17) is 4.74 Å². The summed E-state index contributed by atoms with van der Waals surface area (Å²) in [6.45, 7) is 4.77. The Kier molecular flexibility index (Phi) is 6.53. The number of carbonyl (C=O) groups excluding carboxylic acids is 4. The molecule has 1 N–H and O–H groups in total. The van der Waals surface area contributed by atoms with Crippen LogP contribution in [0.25, 0.3) is 0 Å². The van der Waals surface area contributed by atoms with Crippen molar-refractivity contribution >= 4 is 23.7 Å². The van der Waals surface area contributed by atoms with Crippen molar-refractivity contribution in [1.29, 1.82) is 0 Å². The number of Topliss-reactive ketones (excluding diaryl/α,β-unsaturated/α-hetero) is 1. The van der Waals surface area contributed by atoms with Gasteiger partial charge in [-0.05, 0) is 30.4 Å². The summed E-state index contributed by atoms with van der Waals surface area (Å²) < 4.78 is 5.03. The van der Waals surface area contributed by atoms with Crippen LogP contribution in [0.15, 0.2) is 54.6 Å². The molecule has 3 amide bonds. The average molecular weight is 422 g/mol. The summed E-state index contributed by atoms with van der Waals surface area (Å²) in [5.74, 6) is -1.33. The maximum atomic E-state index is 12.8. The van der Waals surface area contributed by atoms with Crippen LogP contribution in [0.1, 0.15) is 54.6 Å². The highest BCUT2D eigenvalue weighted by atomic mass is 16.5. The van der Waals surface area contributed by atoms with Gasteiger partial charge in [0.2, 0.25) is 0 Å². The number of nitrogens with zero attached hydrogens (tertiary/aromatic N) is 1. The first-order valence-electron chi connectivity index (χ1n) is 10.2. The van der Waals surface area contributed by atoms with Gasteiger partial charge in [-0.25, -0.2) is 4.79 Å². The van der Waals surface area contributed by atoms with Crippen LogP contribution in [0.5, 0.6) is 0 Å². The molecule has 0 spiro atoms. The van der Waals surface area contributed by atoms with Crippen molar-refractivity contribution in [2.75, 3.05) is 13.2 Å². The minimum Gasteiger partial charge on any atom is -0.456 e. The fourth-order valence-electron chi connectivity index (χ4n) is 3.45. The zero-order valence-electron chi connectivity index (χ0n) is 17.9. The Bertz CT molecular complexity index is 987. The molecular weight excluding hydrogens is 396 g/mol. The van der Waals surface area contributed by atoms with Gasteiger partial charge in [0, 0.05) is 5.56 Å². The molecule has 0 bridgehead atoms. The van der Waals surface area contributed by atoms with E-state index in [1.54, 1.807) is 49.4 Å². The van der Waals surface area contributed by atoms with E-state index in [-0.39, 0.29) is 5.78 Å². The number of nitrogens with one attached hydrogen (secondary N) is 1. The van der Waals surface area contributed by atoms with Gasteiger partial charge in [-0.3, -0.25) is 19.3 Å². The molecule has 31 heavy (non-hydrogen) atoms. The molecule has 1 saturated heterocycles. The van der Waals surface area contributed by atoms with Gasteiger partial charge in [0.05, 0.1) is 0 Å². The molecule has 2 atom stereocenters. The minimum absolute atomic E-state index is 0.352. The molecule has 0 radical (unpaired) electrons. The number of ether oxygens (including phenoxy) is 1. The fraction of sp³-hybridized carbons (Fsp3) is 0.333. The van der Waals surface area contributed by atoms with Crippen molar-refractivity contribution in [2.24, 2.45) is 0 Å². The van der Waals surface area contributed by atoms with E-state index in [1.165, 1.54) is 0 Å². The summed E-state index contributed by atoms with van der Waals surface area (Å²) in [6, 6.07) is 15.3. The highest BCUT2D eigenvalue weighted by Crippen LogP contribution is 2.28.